The summed E-state index contributed by atoms with van der Waals surface area (Å²) in [5.74, 6) is 0.868. The minimum absolute atomic E-state index is 0.766. The van der Waals surface area contributed by atoms with Crippen LogP contribution in [0.5, 0.6) is 0 Å². The average Bonchev–Trinajstić information content (AvgIpc) is 2.32. The Bertz CT molecular complexity index is 142. The van der Waals surface area contributed by atoms with E-state index in [-0.39, 0.29) is 0 Å². The van der Waals surface area contributed by atoms with Crippen LogP contribution in [0.15, 0.2) is 12.7 Å². The average molecular weight is 181 g/mol. The molecule has 1 rings (SSSR count). The van der Waals surface area contributed by atoms with Crippen LogP contribution < -0.4 is 5.32 Å². The Kier molecular flexibility index (Phi) is 5.14. The summed E-state index contributed by atoms with van der Waals surface area (Å²) >= 11 is 0. The largest absolute Gasteiger partial charge is 0.313 e. The molecule has 0 spiro atoms. The molecule has 1 nitrogen and oxygen atoms in total. The highest BCUT2D eigenvalue weighted by atomic mass is 14.9. The SMILES string of the molecule is C=CCCNC1CCCCCC1C. The first-order chi connectivity index (χ1) is 6.34. The van der Waals surface area contributed by atoms with Crippen molar-refractivity contribution in [2.45, 2.75) is 51.5 Å². The van der Waals surface area contributed by atoms with E-state index >= 15 is 0 Å². The predicted octanol–water partition coefficient (Wildman–Crippen LogP) is 3.12. The molecule has 76 valence electrons. The molecule has 1 aliphatic carbocycles. The van der Waals surface area contributed by atoms with Crippen LogP contribution in [0.1, 0.15) is 45.4 Å². The van der Waals surface area contributed by atoms with Crippen LogP contribution in [0.2, 0.25) is 0 Å². The van der Waals surface area contributed by atoms with Crippen LogP contribution in [-0.4, -0.2) is 12.6 Å². The van der Waals surface area contributed by atoms with E-state index in [0.29, 0.717) is 0 Å². The Labute approximate surface area is 82.6 Å². The molecule has 0 radical (unpaired) electrons. The molecule has 0 bridgehead atoms. The van der Waals surface area contributed by atoms with Crippen molar-refractivity contribution >= 4 is 0 Å². The third kappa shape index (κ3) is 3.95. The van der Waals surface area contributed by atoms with Gasteiger partial charge >= 0.3 is 0 Å². The molecular weight excluding hydrogens is 158 g/mol. The van der Waals surface area contributed by atoms with Gasteiger partial charge in [-0.3, -0.25) is 0 Å². The Morgan fingerprint density at radius 1 is 1.31 bits per heavy atom. The molecule has 0 aromatic heterocycles. The summed E-state index contributed by atoms with van der Waals surface area (Å²) in [6, 6.07) is 0.766. The fraction of sp³-hybridized carbons (Fsp3) is 0.833. The van der Waals surface area contributed by atoms with Crippen molar-refractivity contribution in [1.29, 1.82) is 0 Å². The van der Waals surface area contributed by atoms with Gasteiger partial charge in [-0.2, -0.15) is 0 Å². The smallest absolute Gasteiger partial charge is 0.00928 e. The van der Waals surface area contributed by atoms with E-state index in [9.17, 15) is 0 Å². The number of nitrogens with one attached hydrogen (secondary N) is 1. The molecule has 1 heteroatoms. The maximum atomic E-state index is 3.74. The number of rotatable bonds is 4. The maximum Gasteiger partial charge on any atom is 0.00928 e. The van der Waals surface area contributed by atoms with E-state index < -0.39 is 0 Å². The van der Waals surface area contributed by atoms with Crippen molar-refractivity contribution < 1.29 is 0 Å². The normalized spacial score (nSPS) is 29.6. The molecule has 0 aromatic carbocycles. The van der Waals surface area contributed by atoms with E-state index in [1.54, 1.807) is 0 Å². The monoisotopic (exact) mass is 181 g/mol. The second kappa shape index (κ2) is 6.20. The Hall–Kier alpha value is -0.300. The Morgan fingerprint density at radius 3 is 2.85 bits per heavy atom. The van der Waals surface area contributed by atoms with Gasteiger partial charge in [-0.05, 0) is 31.7 Å². The molecule has 2 atom stereocenters. The first-order valence-corrected chi connectivity index (χ1v) is 5.69. The van der Waals surface area contributed by atoms with Gasteiger partial charge in [-0.25, -0.2) is 0 Å². The van der Waals surface area contributed by atoms with Crippen molar-refractivity contribution in [3.8, 4) is 0 Å². The lowest BCUT2D eigenvalue weighted by molar-refractivity contribution is 0.360. The van der Waals surface area contributed by atoms with Crippen molar-refractivity contribution in [1.82, 2.24) is 5.32 Å². The summed E-state index contributed by atoms with van der Waals surface area (Å²) in [6.07, 6.45) is 10.2. The lowest BCUT2D eigenvalue weighted by atomic mass is 9.97. The second-order valence-electron chi connectivity index (χ2n) is 4.25. The van der Waals surface area contributed by atoms with E-state index in [0.717, 1.165) is 24.9 Å². The molecular formula is C12H23N. The molecule has 0 amide bonds. The lowest BCUT2D eigenvalue weighted by Gasteiger charge is -2.22. The highest BCUT2D eigenvalue weighted by molar-refractivity contribution is 4.78. The standard InChI is InChI=1S/C12H23N/c1-3-4-10-13-12-9-7-5-6-8-11(12)2/h3,11-13H,1,4-10H2,2H3. The number of hydrogen-bond donors (Lipinski definition) is 1. The van der Waals surface area contributed by atoms with Crippen LogP contribution >= 0.6 is 0 Å². The van der Waals surface area contributed by atoms with Crippen molar-refractivity contribution in [2.24, 2.45) is 5.92 Å². The zero-order chi connectivity index (χ0) is 9.52. The van der Waals surface area contributed by atoms with Crippen molar-refractivity contribution in [3.63, 3.8) is 0 Å². The van der Waals surface area contributed by atoms with Crippen LogP contribution in [0.25, 0.3) is 0 Å². The molecule has 0 saturated heterocycles. The van der Waals surface area contributed by atoms with E-state index in [4.69, 9.17) is 0 Å². The zero-order valence-corrected chi connectivity index (χ0v) is 8.89. The Morgan fingerprint density at radius 2 is 2.08 bits per heavy atom. The first kappa shape index (κ1) is 10.8. The van der Waals surface area contributed by atoms with E-state index in [1.165, 1.54) is 32.1 Å². The molecule has 0 heterocycles. The van der Waals surface area contributed by atoms with Gasteiger partial charge in [0.05, 0.1) is 0 Å². The first-order valence-electron chi connectivity index (χ1n) is 5.69. The molecule has 1 aliphatic rings. The van der Waals surface area contributed by atoms with Crippen LogP contribution in [-0.2, 0) is 0 Å². The molecule has 1 N–H and O–H groups in total. The highest BCUT2D eigenvalue weighted by Gasteiger charge is 2.18. The lowest BCUT2D eigenvalue weighted by Crippen LogP contribution is -2.34. The minimum Gasteiger partial charge on any atom is -0.313 e. The summed E-state index contributed by atoms with van der Waals surface area (Å²) in [5.41, 5.74) is 0. The molecule has 13 heavy (non-hydrogen) atoms. The van der Waals surface area contributed by atoms with Crippen LogP contribution in [0.3, 0.4) is 0 Å². The molecule has 2 unspecified atom stereocenters. The van der Waals surface area contributed by atoms with Gasteiger partial charge in [-0.1, -0.05) is 32.3 Å². The van der Waals surface area contributed by atoms with Gasteiger partial charge in [0, 0.05) is 6.04 Å². The van der Waals surface area contributed by atoms with E-state index in [1.807, 2.05) is 6.08 Å². The minimum atomic E-state index is 0.766. The quantitative estimate of drug-likeness (QED) is 0.399. The topological polar surface area (TPSA) is 12.0 Å². The molecule has 1 fully saturated rings. The highest BCUT2D eigenvalue weighted by Crippen LogP contribution is 2.22. The fourth-order valence-corrected chi connectivity index (χ4v) is 2.17. The van der Waals surface area contributed by atoms with Gasteiger partial charge in [0.1, 0.15) is 0 Å². The van der Waals surface area contributed by atoms with Crippen LogP contribution in [0, 0.1) is 5.92 Å². The van der Waals surface area contributed by atoms with Crippen LogP contribution in [0.4, 0.5) is 0 Å². The van der Waals surface area contributed by atoms with Crippen molar-refractivity contribution in [3.05, 3.63) is 12.7 Å². The third-order valence-corrected chi connectivity index (χ3v) is 3.12. The molecule has 0 aliphatic heterocycles. The Balaban J connectivity index is 2.23. The third-order valence-electron chi connectivity index (χ3n) is 3.12. The summed E-state index contributed by atoms with van der Waals surface area (Å²) in [7, 11) is 0. The van der Waals surface area contributed by atoms with Gasteiger partial charge in [0.2, 0.25) is 0 Å². The fourth-order valence-electron chi connectivity index (χ4n) is 2.17. The summed E-state index contributed by atoms with van der Waals surface area (Å²) in [4.78, 5) is 0. The van der Waals surface area contributed by atoms with Crippen molar-refractivity contribution in [2.75, 3.05) is 6.54 Å². The van der Waals surface area contributed by atoms with Gasteiger partial charge in [0.15, 0.2) is 0 Å². The van der Waals surface area contributed by atoms with Gasteiger partial charge in [-0.15, -0.1) is 6.58 Å². The van der Waals surface area contributed by atoms with E-state index in [2.05, 4.69) is 18.8 Å². The summed E-state index contributed by atoms with van der Waals surface area (Å²) in [6.45, 7) is 7.24. The van der Waals surface area contributed by atoms with Gasteiger partial charge < -0.3 is 5.32 Å². The summed E-state index contributed by atoms with van der Waals surface area (Å²) < 4.78 is 0. The summed E-state index contributed by atoms with van der Waals surface area (Å²) in [5, 5.41) is 3.64. The molecule has 1 saturated carbocycles. The van der Waals surface area contributed by atoms with Gasteiger partial charge in [0.25, 0.3) is 0 Å². The predicted molar refractivity (Wildman–Crippen MR) is 58.9 cm³/mol. The molecule has 0 aromatic rings. The number of hydrogen-bond acceptors (Lipinski definition) is 1. The second-order valence-corrected chi connectivity index (χ2v) is 4.25. The maximum absolute atomic E-state index is 3.74. The zero-order valence-electron chi connectivity index (χ0n) is 8.89.